The fraction of sp³-hybridized carbons (Fsp3) is 0.353. The van der Waals surface area contributed by atoms with Gasteiger partial charge < -0.3 is 14.8 Å². The molecule has 9 nitrogen and oxygen atoms in total. The van der Waals surface area contributed by atoms with E-state index < -0.39 is 36.0 Å². The van der Waals surface area contributed by atoms with Gasteiger partial charge in [0.25, 0.3) is 0 Å². The van der Waals surface area contributed by atoms with E-state index in [2.05, 4.69) is 10.6 Å². The van der Waals surface area contributed by atoms with Gasteiger partial charge in [-0.1, -0.05) is 86.6 Å². The van der Waals surface area contributed by atoms with E-state index in [9.17, 15) is 19.2 Å². The molecule has 0 radical (unpaired) electrons. The van der Waals surface area contributed by atoms with Crippen molar-refractivity contribution in [2.75, 3.05) is 19.1 Å². The number of ether oxygens (including phenoxy) is 2. The molecule has 0 spiro atoms. The third-order valence-corrected chi connectivity index (χ3v) is 7.03. The maximum atomic E-state index is 14.2. The number of hydrogen-bond acceptors (Lipinski definition) is 7. The number of esters is 2. The monoisotopic (exact) mass is 587 g/mol. The lowest BCUT2D eigenvalue weighted by Gasteiger charge is -2.33. The summed E-state index contributed by atoms with van der Waals surface area (Å²) in [5.41, 5.74) is 3.37. The molecule has 2 amide bonds. The number of hydrogen-bond donors (Lipinski definition) is 2. The number of methoxy groups -OCH3 is 2. The average molecular weight is 588 g/mol. The van der Waals surface area contributed by atoms with Crippen LogP contribution in [0.1, 0.15) is 39.2 Å². The van der Waals surface area contributed by atoms with Crippen LogP contribution in [-0.2, 0) is 35.2 Å². The van der Waals surface area contributed by atoms with Crippen LogP contribution in [0.25, 0.3) is 11.1 Å². The summed E-state index contributed by atoms with van der Waals surface area (Å²) >= 11 is 0. The summed E-state index contributed by atoms with van der Waals surface area (Å²) in [5, 5.41) is 5.90. The number of benzene rings is 3. The first-order chi connectivity index (χ1) is 20.6. The van der Waals surface area contributed by atoms with E-state index >= 15 is 0 Å². The molecule has 3 atom stereocenters. The highest BCUT2D eigenvalue weighted by Gasteiger charge is 2.36. The largest absolute Gasteiger partial charge is 0.468 e. The zero-order valence-corrected chi connectivity index (χ0v) is 25.4. The van der Waals surface area contributed by atoms with Gasteiger partial charge in [0, 0.05) is 12.2 Å². The van der Waals surface area contributed by atoms with Crippen molar-refractivity contribution in [2.45, 2.75) is 58.3 Å². The zero-order chi connectivity index (χ0) is 31.4. The summed E-state index contributed by atoms with van der Waals surface area (Å²) in [4.78, 5) is 54.0. The summed E-state index contributed by atoms with van der Waals surface area (Å²) in [5.74, 6) is -2.02. The van der Waals surface area contributed by atoms with Crippen LogP contribution in [0.15, 0.2) is 84.9 Å². The van der Waals surface area contributed by atoms with Gasteiger partial charge in [-0.2, -0.15) is 0 Å². The molecule has 228 valence electrons. The second-order valence-corrected chi connectivity index (χ2v) is 10.7. The molecule has 43 heavy (non-hydrogen) atoms. The molecule has 0 unspecified atom stereocenters. The molecule has 0 fully saturated rings. The van der Waals surface area contributed by atoms with Crippen molar-refractivity contribution < 1.29 is 28.7 Å². The average Bonchev–Trinajstić information content (AvgIpc) is 3.03. The highest BCUT2D eigenvalue weighted by Crippen LogP contribution is 2.26. The van der Waals surface area contributed by atoms with Crippen LogP contribution in [0, 0.1) is 5.92 Å². The molecule has 3 aromatic rings. The number of anilines is 1. The van der Waals surface area contributed by atoms with Gasteiger partial charge in [0.15, 0.2) is 0 Å². The summed E-state index contributed by atoms with van der Waals surface area (Å²) < 4.78 is 9.98. The lowest BCUT2D eigenvalue weighted by atomic mass is 9.99. The maximum Gasteiger partial charge on any atom is 0.328 e. The molecule has 0 saturated heterocycles. The topological polar surface area (TPSA) is 114 Å². The smallest absolute Gasteiger partial charge is 0.328 e. The molecule has 0 aliphatic heterocycles. The van der Waals surface area contributed by atoms with Crippen LogP contribution < -0.4 is 15.5 Å². The van der Waals surface area contributed by atoms with E-state index in [0.717, 1.165) is 16.7 Å². The Bertz CT molecular complexity index is 1350. The number of nitrogens with one attached hydrogen (secondary N) is 2. The first-order valence-corrected chi connectivity index (χ1v) is 14.4. The standard InChI is InChI=1S/C34H41N3O6/c1-23(2)20-29(36-30(34(41)43-5)21-31(38)35-22-25-12-8-6-9-13-25)32(39)37(24(3)33(40)42-4)28-18-16-27(17-19-28)26-14-10-7-11-15-26/h6-19,23-24,29-30,36H,20-22H2,1-5H3,(H,35,38)/t24-,29-,30-/m0/s1. The van der Waals surface area contributed by atoms with Gasteiger partial charge >= 0.3 is 11.9 Å². The minimum atomic E-state index is -1.09. The number of nitrogens with zero attached hydrogens (tertiary/aromatic N) is 1. The van der Waals surface area contributed by atoms with E-state index in [4.69, 9.17) is 9.47 Å². The van der Waals surface area contributed by atoms with Crippen molar-refractivity contribution in [1.82, 2.24) is 10.6 Å². The minimum absolute atomic E-state index is 0.0439. The fourth-order valence-corrected chi connectivity index (χ4v) is 4.79. The minimum Gasteiger partial charge on any atom is -0.468 e. The summed E-state index contributed by atoms with van der Waals surface area (Å²) in [6.45, 7) is 5.79. The van der Waals surface area contributed by atoms with Crippen molar-refractivity contribution in [3.8, 4) is 11.1 Å². The Balaban J connectivity index is 1.88. The second-order valence-electron chi connectivity index (χ2n) is 10.7. The van der Waals surface area contributed by atoms with E-state index in [-0.39, 0.29) is 18.2 Å². The molecule has 0 heterocycles. The van der Waals surface area contributed by atoms with E-state index in [1.165, 1.54) is 19.1 Å². The molecular formula is C34H41N3O6. The van der Waals surface area contributed by atoms with Crippen LogP contribution in [0.4, 0.5) is 5.69 Å². The van der Waals surface area contributed by atoms with Gasteiger partial charge in [-0.25, -0.2) is 4.79 Å². The highest BCUT2D eigenvalue weighted by molar-refractivity contribution is 6.02. The molecule has 2 N–H and O–H groups in total. The van der Waals surface area contributed by atoms with Crippen molar-refractivity contribution >= 4 is 29.4 Å². The maximum absolute atomic E-state index is 14.2. The number of rotatable bonds is 14. The second kappa shape index (κ2) is 16.2. The summed E-state index contributed by atoms with van der Waals surface area (Å²) in [7, 11) is 2.50. The summed E-state index contributed by atoms with van der Waals surface area (Å²) in [6, 6.07) is 23.6. The molecular weight excluding hydrogens is 546 g/mol. The van der Waals surface area contributed by atoms with Crippen LogP contribution in [-0.4, -0.2) is 56.1 Å². The van der Waals surface area contributed by atoms with E-state index in [1.807, 2.05) is 86.6 Å². The van der Waals surface area contributed by atoms with Crippen LogP contribution >= 0.6 is 0 Å². The third-order valence-electron chi connectivity index (χ3n) is 7.03. The Kier molecular flexibility index (Phi) is 12.5. The first-order valence-electron chi connectivity index (χ1n) is 14.4. The molecule has 0 bridgehead atoms. The van der Waals surface area contributed by atoms with Gasteiger partial charge in [-0.3, -0.25) is 24.6 Å². The van der Waals surface area contributed by atoms with Crippen LogP contribution in [0.5, 0.6) is 0 Å². The van der Waals surface area contributed by atoms with Crippen LogP contribution in [0.3, 0.4) is 0 Å². The van der Waals surface area contributed by atoms with Crippen LogP contribution in [0.2, 0.25) is 0 Å². The zero-order valence-electron chi connectivity index (χ0n) is 25.4. The van der Waals surface area contributed by atoms with Crippen molar-refractivity contribution in [1.29, 1.82) is 0 Å². The van der Waals surface area contributed by atoms with Crippen molar-refractivity contribution in [2.24, 2.45) is 5.92 Å². The normalized spacial score (nSPS) is 13.0. The molecule has 3 aromatic carbocycles. The Morgan fingerprint density at radius 3 is 1.84 bits per heavy atom. The van der Waals surface area contributed by atoms with Gasteiger partial charge in [0.05, 0.1) is 26.7 Å². The van der Waals surface area contributed by atoms with Gasteiger partial charge in [0.2, 0.25) is 11.8 Å². The molecule has 0 aliphatic rings. The van der Waals surface area contributed by atoms with Crippen molar-refractivity contribution in [3.05, 3.63) is 90.5 Å². The first kappa shape index (κ1) is 33.0. The molecule has 3 rings (SSSR count). The van der Waals surface area contributed by atoms with Gasteiger partial charge in [-0.15, -0.1) is 0 Å². The quantitative estimate of drug-likeness (QED) is 0.267. The fourth-order valence-electron chi connectivity index (χ4n) is 4.79. The van der Waals surface area contributed by atoms with Gasteiger partial charge in [0.1, 0.15) is 12.1 Å². The van der Waals surface area contributed by atoms with Gasteiger partial charge in [-0.05, 0) is 48.1 Å². The Hall–Kier alpha value is -4.50. The lowest BCUT2D eigenvalue weighted by Crippen LogP contribution is -2.56. The third kappa shape index (κ3) is 9.51. The number of carbonyl (C=O) groups is 4. The highest BCUT2D eigenvalue weighted by atomic mass is 16.5. The number of carbonyl (C=O) groups excluding carboxylic acids is 4. The Morgan fingerprint density at radius 1 is 0.721 bits per heavy atom. The lowest BCUT2D eigenvalue weighted by molar-refractivity contribution is -0.146. The summed E-state index contributed by atoms with van der Waals surface area (Å²) in [6.07, 6.45) is 0.101. The van der Waals surface area contributed by atoms with E-state index in [1.54, 1.807) is 19.1 Å². The molecule has 0 aromatic heterocycles. The number of amides is 2. The Morgan fingerprint density at radius 2 is 1.28 bits per heavy atom. The molecule has 9 heteroatoms. The molecule has 0 aliphatic carbocycles. The molecule has 0 saturated carbocycles. The predicted octanol–water partition coefficient (Wildman–Crippen LogP) is 4.50. The van der Waals surface area contributed by atoms with Crippen molar-refractivity contribution in [3.63, 3.8) is 0 Å². The SMILES string of the molecule is COC(=O)[C@H](CC(=O)NCc1ccccc1)N[C@@H](CC(C)C)C(=O)N(c1ccc(-c2ccccc2)cc1)[C@@H](C)C(=O)OC. The van der Waals surface area contributed by atoms with E-state index in [0.29, 0.717) is 18.7 Å². The Labute approximate surface area is 253 Å². The predicted molar refractivity (Wildman–Crippen MR) is 166 cm³/mol.